The summed E-state index contributed by atoms with van der Waals surface area (Å²) in [7, 11) is 0. The fraction of sp³-hybridized carbons (Fsp3) is 0.0833. The summed E-state index contributed by atoms with van der Waals surface area (Å²) in [5.41, 5.74) is 2.11. The van der Waals surface area contributed by atoms with Crippen molar-refractivity contribution in [3.8, 4) is 23.7 Å². The summed E-state index contributed by atoms with van der Waals surface area (Å²) >= 11 is 0. The molecule has 62 valence electrons. The van der Waals surface area contributed by atoms with Gasteiger partial charge in [-0.25, -0.2) is 0 Å². The van der Waals surface area contributed by atoms with Crippen LogP contribution in [-0.4, -0.2) is 6.29 Å². The monoisotopic (exact) mass is 168 g/mol. The summed E-state index contributed by atoms with van der Waals surface area (Å²) < 4.78 is 0. The molecule has 0 aliphatic rings. The maximum atomic E-state index is 9.82. The third-order valence-corrected chi connectivity index (χ3v) is 1.45. The first-order valence-electron chi connectivity index (χ1n) is 3.85. The van der Waals surface area contributed by atoms with E-state index in [1.807, 2.05) is 31.2 Å². The standard InChI is InChI=1S/C12H8O/c1-11-6-8-12(9-7-11)5-3-2-4-10-13/h6-10H,1H3. The summed E-state index contributed by atoms with van der Waals surface area (Å²) in [5, 5.41) is 0. The first kappa shape index (κ1) is 9.10. The second-order valence-corrected chi connectivity index (χ2v) is 2.50. The molecule has 0 fully saturated rings. The highest BCUT2D eigenvalue weighted by Crippen LogP contribution is 2.00. The summed E-state index contributed by atoms with van der Waals surface area (Å²) in [4.78, 5) is 9.82. The van der Waals surface area contributed by atoms with Gasteiger partial charge in [-0.3, -0.25) is 4.79 Å². The molecule has 0 heterocycles. The molecule has 0 bridgehead atoms. The average Bonchev–Trinajstić information content (AvgIpc) is 2.15. The van der Waals surface area contributed by atoms with E-state index in [2.05, 4.69) is 23.7 Å². The van der Waals surface area contributed by atoms with E-state index in [0.29, 0.717) is 6.29 Å². The number of hydrogen-bond donors (Lipinski definition) is 0. The summed E-state index contributed by atoms with van der Waals surface area (Å²) in [6.45, 7) is 2.02. The van der Waals surface area contributed by atoms with Crippen molar-refractivity contribution in [2.45, 2.75) is 6.92 Å². The molecule has 0 unspecified atom stereocenters. The Hall–Kier alpha value is -1.99. The molecule has 0 atom stereocenters. The van der Waals surface area contributed by atoms with Crippen molar-refractivity contribution in [3.05, 3.63) is 35.4 Å². The highest BCUT2D eigenvalue weighted by molar-refractivity contribution is 5.73. The van der Waals surface area contributed by atoms with Gasteiger partial charge in [-0.15, -0.1) is 0 Å². The van der Waals surface area contributed by atoms with Gasteiger partial charge >= 0.3 is 0 Å². The molecule has 0 aromatic heterocycles. The topological polar surface area (TPSA) is 17.1 Å². The van der Waals surface area contributed by atoms with Crippen LogP contribution in [0.2, 0.25) is 0 Å². The second-order valence-electron chi connectivity index (χ2n) is 2.50. The third kappa shape index (κ3) is 3.27. The minimum atomic E-state index is 0.532. The second kappa shape index (κ2) is 4.80. The molecule has 13 heavy (non-hydrogen) atoms. The fourth-order valence-corrected chi connectivity index (χ4v) is 0.806. The normalized spacial score (nSPS) is 7.46. The molecule has 1 aromatic rings. The molecule has 0 saturated heterocycles. The van der Waals surface area contributed by atoms with E-state index >= 15 is 0 Å². The molecule has 0 aliphatic carbocycles. The van der Waals surface area contributed by atoms with E-state index < -0.39 is 0 Å². The van der Waals surface area contributed by atoms with E-state index in [1.165, 1.54) is 5.56 Å². The van der Waals surface area contributed by atoms with Gasteiger partial charge in [-0.05, 0) is 36.8 Å². The van der Waals surface area contributed by atoms with Gasteiger partial charge in [0.05, 0.1) is 0 Å². The van der Waals surface area contributed by atoms with Gasteiger partial charge in [0.2, 0.25) is 0 Å². The van der Waals surface area contributed by atoms with Crippen LogP contribution in [0.15, 0.2) is 24.3 Å². The molecule has 0 aliphatic heterocycles. The van der Waals surface area contributed by atoms with Crippen LogP contribution in [0, 0.1) is 30.6 Å². The predicted octanol–water partition coefficient (Wildman–Crippen LogP) is 1.55. The largest absolute Gasteiger partial charge is 0.289 e. The van der Waals surface area contributed by atoms with Gasteiger partial charge in [0.25, 0.3) is 0 Å². The van der Waals surface area contributed by atoms with Crippen molar-refractivity contribution in [2.75, 3.05) is 0 Å². The smallest absolute Gasteiger partial charge is 0.193 e. The van der Waals surface area contributed by atoms with Crippen LogP contribution in [0.3, 0.4) is 0 Å². The lowest BCUT2D eigenvalue weighted by atomic mass is 10.2. The Balaban J connectivity index is 2.78. The molecule has 0 saturated carbocycles. The molecule has 0 N–H and O–H groups in total. The Bertz CT molecular complexity index is 404. The van der Waals surface area contributed by atoms with Gasteiger partial charge in [-0.2, -0.15) is 0 Å². The molecule has 1 heteroatoms. The van der Waals surface area contributed by atoms with Gasteiger partial charge < -0.3 is 0 Å². The number of aldehydes is 1. The number of hydrogen-bond acceptors (Lipinski definition) is 1. The molecule has 1 rings (SSSR count). The summed E-state index contributed by atoms with van der Waals surface area (Å²) in [5.74, 6) is 10.0. The van der Waals surface area contributed by atoms with Gasteiger partial charge in [0, 0.05) is 5.56 Å². The number of benzene rings is 1. The SMILES string of the molecule is Cc1ccc(C#CC#CC=O)cc1. The van der Waals surface area contributed by atoms with Crippen LogP contribution in [-0.2, 0) is 4.79 Å². The molecule has 1 nitrogen and oxygen atoms in total. The summed E-state index contributed by atoms with van der Waals surface area (Å²) in [6, 6.07) is 7.81. The lowest BCUT2D eigenvalue weighted by molar-refractivity contribution is -0.103. The molecule has 0 spiro atoms. The van der Waals surface area contributed by atoms with Crippen LogP contribution >= 0.6 is 0 Å². The quantitative estimate of drug-likeness (QED) is 0.424. The fourth-order valence-electron chi connectivity index (χ4n) is 0.806. The van der Waals surface area contributed by atoms with Crippen LogP contribution in [0.4, 0.5) is 0 Å². The number of carbonyl (C=O) groups is 1. The minimum absolute atomic E-state index is 0.532. The van der Waals surface area contributed by atoms with Crippen LogP contribution < -0.4 is 0 Å². The zero-order valence-electron chi connectivity index (χ0n) is 7.29. The summed E-state index contributed by atoms with van der Waals surface area (Å²) in [6.07, 6.45) is 0.532. The van der Waals surface area contributed by atoms with E-state index in [-0.39, 0.29) is 0 Å². The van der Waals surface area contributed by atoms with Crippen molar-refractivity contribution in [3.63, 3.8) is 0 Å². The Labute approximate surface area is 77.8 Å². The lowest BCUT2D eigenvalue weighted by Crippen LogP contribution is -1.74. The molecule has 0 amide bonds. The molecular weight excluding hydrogens is 160 g/mol. The maximum absolute atomic E-state index is 9.82. The zero-order valence-corrected chi connectivity index (χ0v) is 7.29. The maximum Gasteiger partial charge on any atom is 0.193 e. The Kier molecular flexibility index (Phi) is 3.36. The van der Waals surface area contributed by atoms with Gasteiger partial charge in [-0.1, -0.05) is 23.6 Å². The number of rotatable bonds is 0. The van der Waals surface area contributed by atoms with Crippen LogP contribution in [0.1, 0.15) is 11.1 Å². The van der Waals surface area contributed by atoms with E-state index in [9.17, 15) is 4.79 Å². The van der Waals surface area contributed by atoms with Crippen molar-refractivity contribution in [1.82, 2.24) is 0 Å². The third-order valence-electron chi connectivity index (χ3n) is 1.45. The van der Waals surface area contributed by atoms with Crippen molar-refractivity contribution in [2.24, 2.45) is 0 Å². The van der Waals surface area contributed by atoms with E-state index in [1.54, 1.807) is 0 Å². The van der Waals surface area contributed by atoms with Crippen molar-refractivity contribution in [1.29, 1.82) is 0 Å². The zero-order chi connectivity index (χ0) is 9.52. The highest BCUT2D eigenvalue weighted by atomic mass is 16.1. The Morgan fingerprint density at radius 2 is 1.85 bits per heavy atom. The van der Waals surface area contributed by atoms with Crippen LogP contribution in [0.5, 0.6) is 0 Å². The average molecular weight is 168 g/mol. The molecule has 0 radical (unpaired) electrons. The first-order valence-corrected chi connectivity index (χ1v) is 3.85. The predicted molar refractivity (Wildman–Crippen MR) is 51.9 cm³/mol. The van der Waals surface area contributed by atoms with Gasteiger partial charge in [0.15, 0.2) is 6.29 Å². The molecular formula is C12H8O. The van der Waals surface area contributed by atoms with E-state index in [4.69, 9.17) is 0 Å². The van der Waals surface area contributed by atoms with Gasteiger partial charge in [0.1, 0.15) is 0 Å². The lowest BCUT2D eigenvalue weighted by Gasteiger charge is -1.89. The Morgan fingerprint density at radius 1 is 1.15 bits per heavy atom. The van der Waals surface area contributed by atoms with Crippen molar-refractivity contribution >= 4 is 6.29 Å². The number of carbonyl (C=O) groups excluding carboxylic acids is 1. The highest BCUT2D eigenvalue weighted by Gasteiger charge is 1.84. The van der Waals surface area contributed by atoms with E-state index in [0.717, 1.165) is 5.56 Å². The van der Waals surface area contributed by atoms with Crippen molar-refractivity contribution < 1.29 is 4.79 Å². The van der Waals surface area contributed by atoms with Crippen LogP contribution in [0.25, 0.3) is 0 Å². The molecule has 1 aromatic carbocycles. The Morgan fingerprint density at radius 3 is 2.46 bits per heavy atom. The minimum Gasteiger partial charge on any atom is -0.289 e. The number of aryl methyl sites for hydroxylation is 1. The first-order chi connectivity index (χ1) is 6.33.